The first kappa shape index (κ1) is 27.3. The van der Waals surface area contributed by atoms with Gasteiger partial charge in [0, 0.05) is 23.7 Å². The fraction of sp³-hybridized carbons (Fsp3) is 0.310. The standard InChI is InChI=1S/C29H31ClFN5O2S/c1-3-18-14-20(15-21-17-33-29(35-28(18)21)34-23-11-9-22(32-2)10-12-23)19-8-13-26(25(31)16-19)36-39(37,38)27-7-5-4-6-24(27)30/h4-8,13-17,22-23,32,36H,3,9-12H2,1-2H3,(H,33,34,35). The van der Waals surface area contributed by atoms with Crippen molar-refractivity contribution in [2.24, 2.45) is 0 Å². The van der Waals surface area contributed by atoms with E-state index in [0.29, 0.717) is 23.6 Å². The summed E-state index contributed by atoms with van der Waals surface area (Å²) in [6.45, 7) is 2.06. The summed E-state index contributed by atoms with van der Waals surface area (Å²) < 4.78 is 42.9. The number of benzene rings is 3. The Balaban J connectivity index is 1.39. The number of nitrogens with zero attached hydrogens (tertiary/aromatic N) is 2. The summed E-state index contributed by atoms with van der Waals surface area (Å²) >= 11 is 6.04. The van der Waals surface area contributed by atoms with Crippen molar-refractivity contribution in [3.63, 3.8) is 0 Å². The Hall–Kier alpha value is -3.27. The lowest BCUT2D eigenvalue weighted by Crippen LogP contribution is -2.35. The second-order valence-electron chi connectivity index (χ2n) is 9.83. The van der Waals surface area contributed by atoms with Crippen molar-refractivity contribution in [1.29, 1.82) is 0 Å². The molecule has 10 heteroatoms. The normalized spacial score (nSPS) is 17.7. The molecule has 1 aromatic heterocycles. The molecule has 0 saturated heterocycles. The van der Waals surface area contributed by atoms with E-state index in [0.717, 1.165) is 54.1 Å². The van der Waals surface area contributed by atoms with Crippen LogP contribution < -0.4 is 15.4 Å². The molecule has 0 radical (unpaired) electrons. The number of aromatic nitrogens is 2. The summed E-state index contributed by atoms with van der Waals surface area (Å²) in [6.07, 6.45) is 6.94. The molecule has 1 saturated carbocycles. The molecule has 0 amide bonds. The van der Waals surface area contributed by atoms with E-state index in [2.05, 4.69) is 27.3 Å². The number of rotatable bonds is 8. The highest BCUT2D eigenvalue weighted by Crippen LogP contribution is 2.31. The van der Waals surface area contributed by atoms with Crippen LogP contribution in [0.25, 0.3) is 22.0 Å². The molecule has 204 valence electrons. The Labute approximate surface area is 233 Å². The Kier molecular flexibility index (Phi) is 8.02. The van der Waals surface area contributed by atoms with Gasteiger partial charge in [-0.25, -0.2) is 22.8 Å². The molecule has 1 heterocycles. The number of nitrogens with one attached hydrogen (secondary N) is 3. The van der Waals surface area contributed by atoms with Crippen LogP contribution >= 0.6 is 11.6 Å². The van der Waals surface area contributed by atoms with Crippen LogP contribution in [0.4, 0.5) is 16.0 Å². The van der Waals surface area contributed by atoms with Gasteiger partial charge in [-0.05, 0) is 92.2 Å². The van der Waals surface area contributed by atoms with Gasteiger partial charge < -0.3 is 10.6 Å². The quantitative estimate of drug-likeness (QED) is 0.228. The molecule has 5 rings (SSSR count). The zero-order valence-electron chi connectivity index (χ0n) is 21.8. The van der Waals surface area contributed by atoms with Gasteiger partial charge in [-0.2, -0.15) is 0 Å². The molecule has 1 fully saturated rings. The van der Waals surface area contributed by atoms with Crippen molar-refractivity contribution in [3.05, 3.63) is 77.2 Å². The molecule has 1 aliphatic rings. The molecule has 0 aliphatic heterocycles. The summed E-state index contributed by atoms with van der Waals surface area (Å²) in [6, 6.07) is 15.3. The van der Waals surface area contributed by atoms with E-state index < -0.39 is 15.8 Å². The van der Waals surface area contributed by atoms with Crippen LogP contribution in [-0.2, 0) is 16.4 Å². The molecular formula is C29H31ClFN5O2S. The predicted octanol–water partition coefficient (Wildman–Crippen LogP) is 6.40. The number of hydrogen-bond acceptors (Lipinski definition) is 6. The third-order valence-electron chi connectivity index (χ3n) is 7.28. The lowest BCUT2D eigenvalue weighted by molar-refractivity contribution is 0.370. The Bertz CT molecular complexity index is 1610. The predicted molar refractivity (Wildman–Crippen MR) is 155 cm³/mol. The average Bonchev–Trinajstić information content (AvgIpc) is 2.94. The van der Waals surface area contributed by atoms with Crippen LogP contribution in [0.5, 0.6) is 0 Å². The average molecular weight is 568 g/mol. The largest absolute Gasteiger partial charge is 0.351 e. The first-order valence-electron chi connectivity index (χ1n) is 13.1. The van der Waals surface area contributed by atoms with Gasteiger partial charge >= 0.3 is 0 Å². The molecule has 0 bridgehead atoms. The van der Waals surface area contributed by atoms with Gasteiger partial charge in [0.05, 0.1) is 16.2 Å². The number of halogens is 2. The van der Waals surface area contributed by atoms with Gasteiger partial charge in [0.2, 0.25) is 5.95 Å². The van der Waals surface area contributed by atoms with Gasteiger partial charge in [-0.1, -0.05) is 36.7 Å². The van der Waals surface area contributed by atoms with E-state index in [4.69, 9.17) is 16.6 Å². The highest BCUT2D eigenvalue weighted by Gasteiger charge is 2.22. The fourth-order valence-electron chi connectivity index (χ4n) is 5.07. The first-order valence-corrected chi connectivity index (χ1v) is 14.9. The van der Waals surface area contributed by atoms with Crippen molar-refractivity contribution in [2.45, 2.75) is 56.0 Å². The summed E-state index contributed by atoms with van der Waals surface area (Å²) in [5.41, 5.74) is 3.16. The molecule has 7 nitrogen and oxygen atoms in total. The topological polar surface area (TPSA) is 96.0 Å². The highest BCUT2D eigenvalue weighted by atomic mass is 35.5. The summed E-state index contributed by atoms with van der Waals surface area (Å²) in [7, 11) is -2.04. The number of aryl methyl sites for hydroxylation is 1. The fourth-order valence-corrected chi connectivity index (χ4v) is 6.66. The number of sulfonamides is 1. The SMILES string of the molecule is CCc1cc(-c2ccc(NS(=O)(=O)c3ccccc3Cl)c(F)c2)cc2cnc(NC3CCC(NC)CC3)nc12. The zero-order chi connectivity index (χ0) is 27.6. The maximum atomic E-state index is 15.1. The minimum Gasteiger partial charge on any atom is -0.351 e. The van der Waals surface area contributed by atoms with Crippen LogP contribution in [0.15, 0.2) is 65.7 Å². The minimum atomic E-state index is -4.05. The molecule has 0 unspecified atom stereocenters. The maximum Gasteiger partial charge on any atom is 0.263 e. The van der Waals surface area contributed by atoms with Crippen LogP contribution in [0.3, 0.4) is 0 Å². The van der Waals surface area contributed by atoms with E-state index >= 15 is 4.39 Å². The van der Waals surface area contributed by atoms with Gasteiger partial charge in [-0.15, -0.1) is 0 Å². The molecule has 3 N–H and O–H groups in total. The molecule has 0 atom stereocenters. The van der Waals surface area contributed by atoms with Gasteiger partial charge in [0.25, 0.3) is 10.0 Å². The minimum absolute atomic E-state index is 0.0621. The summed E-state index contributed by atoms with van der Waals surface area (Å²) in [5, 5.41) is 7.77. The third-order valence-corrected chi connectivity index (χ3v) is 9.15. The summed E-state index contributed by atoms with van der Waals surface area (Å²) in [5.74, 6) is -0.0656. The third kappa shape index (κ3) is 6.00. The van der Waals surface area contributed by atoms with Crippen molar-refractivity contribution in [3.8, 4) is 11.1 Å². The van der Waals surface area contributed by atoms with E-state index in [9.17, 15) is 8.42 Å². The van der Waals surface area contributed by atoms with Crippen molar-refractivity contribution in [1.82, 2.24) is 15.3 Å². The molecule has 39 heavy (non-hydrogen) atoms. The molecule has 4 aromatic rings. The van der Waals surface area contributed by atoms with Crippen LogP contribution in [-0.4, -0.2) is 37.5 Å². The molecule has 0 spiro atoms. The molecule has 3 aromatic carbocycles. The molecule has 1 aliphatic carbocycles. The molecular weight excluding hydrogens is 537 g/mol. The number of fused-ring (bicyclic) bond motifs is 1. The monoisotopic (exact) mass is 567 g/mol. The first-order chi connectivity index (χ1) is 18.8. The van der Waals surface area contributed by atoms with E-state index in [1.54, 1.807) is 24.4 Å². The van der Waals surface area contributed by atoms with Crippen LogP contribution in [0.2, 0.25) is 5.02 Å². The Morgan fingerprint density at radius 3 is 2.44 bits per heavy atom. The lowest BCUT2D eigenvalue weighted by Gasteiger charge is -2.28. The van der Waals surface area contributed by atoms with Gasteiger partial charge in [0.1, 0.15) is 10.7 Å². The van der Waals surface area contributed by atoms with E-state index in [1.807, 2.05) is 19.2 Å². The maximum absolute atomic E-state index is 15.1. The van der Waals surface area contributed by atoms with E-state index in [-0.39, 0.29) is 15.6 Å². The second-order valence-corrected chi connectivity index (χ2v) is 11.9. The van der Waals surface area contributed by atoms with E-state index in [1.165, 1.54) is 24.3 Å². The van der Waals surface area contributed by atoms with Gasteiger partial charge in [-0.3, -0.25) is 4.72 Å². The van der Waals surface area contributed by atoms with Crippen molar-refractivity contribution in [2.75, 3.05) is 17.1 Å². The summed E-state index contributed by atoms with van der Waals surface area (Å²) in [4.78, 5) is 9.27. The lowest BCUT2D eigenvalue weighted by atomic mass is 9.91. The number of anilines is 2. The van der Waals surface area contributed by atoms with Gasteiger partial charge in [0.15, 0.2) is 0 Å². The smallest absolute Gasteiger partial charge is 0.263 e. The van der Waals surface area contributed by atoms with Crippen molar-refractivity contribution < 1.29 is 12.8 Å². The van der Waals surface area contributed by atoms with Crippen LogP contribution in [0, 0.1) is 5.82 Å². The second kappa shape index (κ2) is 11.5. The zero-order valence-corrected chi connectivity index (χ0v) is 23.4. The van der Waals surface area contributed by atoms with Crippen LogP contribution in [0.1, 0.15) is 38.2 Å². The number of hydrogen-bond donors (Lipinski definition) is 3. The Morgan fingerprint density at radius 1 is 1.00 bits per heavy atom. The Morgan fingerprint density at radius 2 is 1.74 bits per heavy atom. The van der Waals surface area contributed by atoms with Crippen molar-refractivity contribution >= 4 is 44.2 Å². The highest BCUT2D eigenvalue weighted by molar-refractivity contribution is 7.92.